The molecule has 4 aromatic rings. The van der Waals surface area contributed by atoms with Gasteiger partial charge >= 0.3 is 0 Å². The monoisotopic (exact) mass is 439 g/mol. The number of hydrogen-bond donors (Lipinski definition) is 0. The van der Waals surface area contributed by atoms with Gasteiger partial charge in [0.25, 0.3) is 5.91 Å². The Morgan fingerprint density at radius 2 is 2.03 bits per heavy atom. The van der Waals surface area contributed by atoms with E-state index in [1.807, 2.05) is 67.8 Å². The van der Waals surface area contributed by atoms with Gasteiger partial charge in [0, 0.05) is 21.7 Å². The predicted octanol–water partition coefficient (Wildman–Crippen LogP) is 6.22. The molecule has 2 heterocycles. The van der Waals surface area contributed by atoms with E-state index < -0.39 is 0 Å². The van der Waals surface area contributed by atoms with E-state index in [1.54, 1.807) is 22.9 Å². The van der Waals surface area contributed by atoms with Crippen LogP contribution < -0.4 is 4.90 Å². The molecule has 0 N–H and O–H groups in total. The molecule has 29 heavy (non-hydrogen) atoms. The summed E-state index contributed by atoms with van der Waals surface area (Å²) in [6, 6.07) is 17.2. The van der Waals surface area contributed by atoms with Crippen LogP contribution >= 0.6 is 34.7 Å². The van der Waals surface area contributed by atoms with Crippen LogP contribution in [0.1, 0.15) is 21.6 Å². The summed E-state index contributed by atoms with van der Waals surface area (Å²) in [7, 11) is 0. The maximum Gasteiger partial charge on any atom is 0.260 e. The van der Waals surface area contributed by atoms with Crippen LogP contribution in [0.25, 0.3) is 10.2 Å². The van der Waals surface area contributed by atoms with Crippen LogP contribution in [0.5, 0.6) is 0 Å². The minimum absolute atomic E-state index is 0.102. The lowest BCUT2D eigenvalue weighted by molar-refractivity contribution is 0.0984. The zero-order valence-electron chi connectivity index (χ0n) is 15.9. The Morgan fingerprint density at radius 3 is 2.79 bits per heavy atom. The lowest BCUT2D eigenvalue weighted by Gasteiger charge is -2.20. The third-order valence-electron chi connectivity index (χ3n) is 4.58. The summed E-state index contributed by atoms with van der Waals surface area (Å²) in [6.45, 7) is 2.29. The highest BCUT2D eigenvalue weighted by Crippen LogP contribution is 2.34. The summed E-state index contributed by atoms with van der Waals surface area (Å²) in [6.07, 6.45) is 3.73. The number of pyridine rings is 1. The molecule has 0 saturated heterocycles. The Morgan fingerprint density at radius 1 is 1.17 bits per heavy atom. The normalized spacial score (nSPS) is 11.0. The first kappa shape index (κ1) is 19.9. The molecule has 0 saturated carbocycles. The smallest absolute Gasteiger partial charge is 0.260 e. The van der Waals surface area contributed by atoms with E-state index >= 15 is 0 Å². The van der Waals surface area contributed by atoms with E-state index in [2.05, 4.69) is 4.98 Å². The lowest BCUT2D eigenvalue weighted by Crippen LogP contribution is -2.30. The zero-order chi connectivity index (χ0) is 20.4. The molecule has 0 aliphatic rings. The highest BCUT2D eigenvalue weighted by molar-refractivity contribution is 7.98. The van der Waals surface area contributed by atoms with Gasteiger partial charge in [-0.3, -0.25) is 14.7 Å². The molecule has 4 rings (SSSR count). The van der Waals surface area contributed by atoms with Gasteiger partial charge in [0.2, 0.25) is 0 Å². The molecule has 0 bridgehead atoms. The number of benzene rings is 2. The van der Waals surface area contributed by atoms with Crippen LogP contribution in [0.2, 0.25) is 5.02 Å². The third-order valence-corrected chi connectivity index (χ3v) is 6.75. The van der Waals surface area contributed by atoms with Crippen molar-refractivity contribution in [2.75, 3.05) is 11.2 Å². The molecule has 0 atom stereocenters. The van der Waals surface area contributed by atoms with Gasteiger partial charge in [-0.2, -0.15) is 0 Å². The van der Waals surface area contributed by atoms with Crippen LogP contribution in [-0.4, -0.2) is 22.1 Å². The first-order valence-corrected chi connectivity index (χ1v) is 11.4. The summed E-state index contributed by atoms with van der Waals surface area (Å²) in [5, 5.41) is 1.31. The van der Waals surface area contributed by atoms with E-state index in [-0.39, 0.29) is 5.91 Å². The summed E-state index contributed by atoms with van der Waals surface area (Å²) >= 11 is 9.36. The molecule has 2 aromatic heterocycles. The topological polar surface area (TPSA) is 46.1 Å². The van der Waals surface area contributed by atoms with Crippen molar-refractivity contribution in [1.29, 1.82) is 0 Å². The minimum atomic E-state index is -0.102. The molecular formula is C22H18ClN3OS2. The van der Waals surface area contributed by atoms with Crippen LogP contribution in [0.4, 0.5) is 5.13 Å². The summed E-state index contributed by atoms with van der Waals surface area (Å²) in [5.41, 5.74) is 3.17. The van der Waals surface area contributed by atoms with E-state index in [4.69, 9.17) is 16.6 Å². The van der Waals surface area contributed by atoms with Gasteiger partial charge in [0.05, 0.1) is 22.5 Å². The van der Waals surface area contributed by atoms with Gasteiger partial charge in [-0.25, -0.2) is 4.98 Å². The maximum absolute atomic E-state index is 13.5. The number of thioether (sulfide) groups is 1. The van der Waals surface area contributed by atoms with Gasteiger partial charge in [0.1, 0.15) is 0 Å². The fraction of sp³-hybridized carbons (Fsp3) is 0.136. The standard InChI is InChI=1S/C22H18ClN3OS2/c1-14-18(23)9-10-19-20(14)25-22(29-19)26(13-16-7-3-4-11-24-16)21(27)15-6-5-8-17(12-15)28-2/h3-12H,13H2,1-2H3. The van der Waals surface area contributed by atoms with Crippen LogP contribution in [-0.2, 0) is 6.54 Å². The molecule has 0 fully saturated rings. The Hall–Kier alpha value is -2.41. The summed E-state index contributed by atoms with van der Waals surface area (Å²) < 4.78 is 0.999. The van der Waals surface area contributed by atoms with E-state index in [0.29, 0.717) is 22.3 Å². The maximum atomic E-state index is 13.5. The summed E-state index contributed by atoms with van der Waals surface area (Å²) in [5.74, 6) is -0.102. The highest BCUT2D eigenvalue weighted by Gasteiger charge is 2.23. The quantitative estimate of drug-likeness (QED) is 0.346. The molecule has 0 unspecified atom stereocenters. The van der Waals surface area contributed by atoms with Crippen molar-refractivity contribution in [3.05, 3.63) is 82.6 Å². The second kappa shape index (κ2) is 8.53. The fourth-order valence-corrected chi connectivity index (χ4v) is 4.63. The molecule has 0 aliphatic carbocycles. The third kappa shape index (κ3) is 4.15. The molecule has 2 aromatic carbocycles. The van der Waals surface area contributed by atoms with Crippen molar-refractivity contribution in [3.8, 4) is 0 Å². The number of rotatable bonds is 5. The Balaban J connectivity index is 1.80. The van der Waals surface area contributed by atoms with Gasteiger partial charge in [0.15, 0.2) is 5.13 Å². The number of carbonyl (C=O) groups excluding carboxylic acids is 1. The first-order valence-electron chi connectivity index (χ1n) is 8.98. The van der Waals surface area contributed by atoms with Crippen molar-refractivity contribution in [2.45, 2.75) is 18.4 Å². The molecule has 146 valence electrons. The van der Waals surface area contributed by atoms with Crippen LogP contribution in [0.3, 0.4) is 0 Å². The van der Waals surface area contributed by atoms with E-state index in [1.165, 1.54) is 11.3 Å². The molecule has 0 spiro atoms. The first-order chi connectivity index (χ1) is 14.1. The van der Waals surface area contributed by atoms with Gasteiger partial charge < -0.3 is 0 Å². The van der Waals surface area contributed by atoms with E-state index in [9.17, 15) is 4.79 Å². The van der Waals surface area contributed by atoms with Crippen molar-refractivity contribution in [3.63, 3.8) is 0 Å². The SMILES string of the molecule is CSc1cccc(C(=O)N(Cc2ccccn2)c2nc3c(C)c(Cl)ccc3s2)c1. The van der Waals surface area contributed by atoms with Gasteiger partial charge in [-0.15, -0.1) is 11.8 Å². The Bertz CT molecular complexity index is 1180. The molecule has 1 amide bonds. The largest absolute Gasteiger partial charge is 0.278 e. The number of aromatic nitrogens is 2. The zero-order valence-corrected chi connectivity index (χ0v) is 18.3. The average Bonchev–Trinajstić information content (AvgIpc) is 3.20. The number of amides is 1. The average molecular weight is 440 g/mol. The Labute approximate surface area is 182 Å². The predicted molar refractivity (Wildman–Crippen MR) is 122 cm³/mol. The number of aryl methyl sites for hydroxylation is 1. The molecule has 4 nitrogen and oxygen atoms in total. The molecule has 7 heteroatoms. The number of thiazole rings is 1. The fourth-order valence-electron chi connectivity index (χ4n) is 3.00. The number of nitrogens with zero attached hydrogens (tertiary/aromatic N) is 3. The van der Waals surface area contributed by atoms with Gasteiger partial charge in [-0.1, -0.05) is 35.1 Å². The van der Waals surface area contributed by atoms with Crippen molar-refractivity contribution >= 4 is 56.0 Å². The van der Waals surface area contributed by atoms with Crippen LogP contribution in [0.15, 0.2) is 65.7 Å². The number of anilines is 1. The second-order valence-electron chi connectivity index (χ2n) is 6.46. The Kier molecular flexibility index (Phi) is 5.85. The lowest BCUT2D eigenvalue weighted by atomic mass is 10.2. The number of fused-ring (bicyclic) bond motifs is 1. The number of carbonyl (C=O) groups is 1. The second-order valence-corrected chi connectivity index (χ2v) is 8.76. The van der Waals surface area contributed by atoms with Crippen molar-refractivity contribution in [1.82, 2.24) is 9.97 Å². The molecular weight excluding hydrogens is 422 g/mol. The molecule has 0 radical (unpaired) electrons. The van der Waals surface area contributed by atoms with Crippen LogP contribution in [0, 0.1) is 6.92 Å². The number of hydrogen-bond acceptors (Lipinski definition) is 5. The van der Waals surface area contributed by atoms with Gasteiger partial charge in [-0.05, 0) is 61.2 Å². The minimum Gasteiger partial charge on any atom is -0.278 e. The molecule has 0 aliphatic heterocycles. The van der Waals surface area contributed by atoms with Crippen molar-refractivity contribution in [2.24, 2.45) is 0 Å². The van der Waals surface area contributed by atoms with E-state index in [0.717, 1.165) is 26.4 Å². The van der Waals surface area contributed by atoms with Crippen molar-refractivity contribution < 1.29 is 4.79 Å². The number of halogens is 1. The highest BCUT2D eigenvalue weighted by atomic mass is 35.5. The summed E-state index contributed by atoms with van der Waals surface area (Å²) in [4.78, 5) is 25.4.